The summed E-state index contributed by atoms with van der Waals surface area (Å²) in [6.45, 7) is 7.06. The minimum atomic E-state index is 0.394. The van der Waals surface area contributed by atoms with Gasteiger partial charge in [-0.05, 0) is 39.2 Å². The maximum absolute atomic E-state index is 3.71. The second-order valence-corrected chi connectivity index (χ2v) is 5.06. The molecule has 13 heavy (non-hydrogen) atoms. The Kier molecular flexibility index (Phi) is 2.37. The van der Waals surface area contributed by atoms with E-state index in [4.69, 9.17) is 0 Å². The number of piperazine rings is 1. The Morgan fingerprint density at radius 1 is 1.46 bits per heavy atom. The fraction of sp³-hybridized carbons (Fsp3) is 1.00. The van der Waals surface area contributed by atoms with Gasteiger partial charge in [0.1, 0.15) is 0 Å². The normalized spacial score (nSPS) is 42.2. The van der Waals surface area contributed by atoms with Gasteiger partial charge >= 0.3 is 0 Å². The van der Waals surface area contributed by atoms with Gasteiger partial charge in [0.05, 0.1) is 0 Å². The van der Waals surface area contributed by atoms with Gasteiger partial charge < -0.3 is 5.32 Å². The Bertz CT molecular complexity index is 189. The molecule has 1 saturated carbocycles. The average Bonchev–Trinajstić information content (AvgIpc) is 2.93. The standard InChI is InChI=1S/C11H22N2/c1-4-11(2)8-12-10(7-13(11)3)9-5-6-9/h9-10,12H,4-8H2,1-3H3. The molecule has 0 bridgehead atoms. The SMILES string of the molecule is CCC1(C)CNC(C2CC2)CN1C. The molecule has 1 aliphatic heterocycles. The monoisotopic (exact) mass is 182 g/mol. The van der Waals surface area contributed by atoms with Crippen molar-refractivity contribution in [1.82, 2.24) is 10.2 Å². The lowest BCUT2D eigenvalue weighted by molar-refractivity contribution is 0.0700. The van der Waals surface area contributed by atoms with Crippen LogP contribution in [0.15, 0.2) is 0 Å². The first-order valence-corrected chi connectivity index (χ1v) is 5.60. The summed E-state index contributed by atoms with van der Waals surface area (Å²) in [5.41, 5.74) is 0.394. The van der Waals surface area contributed by atoms with E-state index in [1.54, 1.807) is 0 Å². The summed E-state index contributed by atoms with van der Waals surface area (Å²) in [6.07, 6.45) is 4.15. The number of hydrogen-bond donors (Lipinski definition) is 1. The number of hydrogen-bond acceptors (Lipinski definition) is 2. The van der Waals surface area contributed by atoms with Crippen LogP contribution in [-0.2, 0) is 0 Å². The van der Waals surface area contributed by atoms with Crippen molar-refractivity contribution in [1.29, 1.82) is 0 Å². The van der Waals surface area contributed by atoms with Crippen molar-refractivity contribution in [3.63, 3.8) is 0 Å². The second kappa shape index (κ2) is 3.25. The van der Waals surface area contributed by atoms with Crippen LogP contribution >= 0.6 is 0 Å². The first-order chi connectivity index (χ1) is 6.15. The lowest BCUT2D eigenvalue weighted by Gasteiger charge is -2.46. The van der Waals surface area contributed by atoms with Crippen LogP contribution in [0.2, 0.25) is 0 Å². The van der Waals surface area contributed by atoms with E-state index in [2.05, 4.69) is 31.1 Å². The summed E-state index contributed by atoms with van der Waals surface area (Å²) >= 11 is 0. The fourth-order valence-electron chi connectivity index (χ4n) is 2.28. The zero-order valence-electron chi connectivity index (χ0n) is 9.14. The van der Waals surface area contributed by atoms with Gasteiger partial charge in [0.15, 0.2) is 0 Å². The molecule has 2 fully saturated rings. The summed E-state index contributed by atoms with van der Waals surface area (Å²) in [6, 6.07) is 0.782. The van der Waals surface area contributed by atoms with Crippen LogP contribution in [0.25, 0.3) is 0 Å². The molecular formula is C11H22N2. The largest absolute Gasteiger partial charge is 0.311 e. The molecule has 1 heterocycles. The Balaban J connectivity index is 1.94. The highest BCUT2D eigenvalue weighted by molar-refractivity contribution is 4.98. The molecule has 0 amide bonds. The number of nitrogens with zero attached hydrogens (tertiary/aromatic N) is 1. The second-order valence-electron chi connectivity index (χ2n) is 5.06. The van der Waals surface area contributed by atoms with Crippen molar-refractivity contribution in [2.24, 2.45) is 5.92 Å². The van der Waals surface area contributed by atoms with E-state index in [-0.39, 0.29) is 0 Å². The first-order valence-electron chi connectivity index (χ1n) is 5.60. The van der Waals surface area contributed by atoms with Gasteiger partial charge in [0.25, 0.3) is 0 Å². The number of nitrogens with one attached hydrogen (secondary N) is 1. The molecule has 0 radical (unpaired) electrons. The molecule has 2 atom stereocenters. The predicted molar refractivity (Wildman–Crippen MR) is 55.8 cm³/mol. The molecule has 1 saturated heterocycles. The summed E-state index contributed by atoms with van der Waals surface area (Å²) < 4.78 is 0. The van der Waals surface area contributed by atoms with Crippen molar-refractivity contribution < 1.29 is 0 Å². The highest BCUT2D eigenvalue weighted by Crippen LogP contribution is 2.35. The predicted octanol–water partition coefficient (Wildman–Crippen LogP) is 1.47. The van der Waals surface area contributed by atoms with E-state index in [1.807, 2.05) is 0 Å². The van der Waals surface area contributed by atoms with E-state index < -0.39 is 0 Å². The molecule has 0 aromatic heterocycles. The molecule has 2 rings (SSSR count). The van der Waals surface area contributed by atoms with E-state index in [9.17, 15) is 0 Å². The molecule has 2 heteroatoms. The molecule has 2 nitrogen and oxygen atoms in total. The molecule has 1 N–H and O–H groups in total. The highest BCUT2D eigenvalue weighted by Gasteiger charge is 2.39. The Morgan fingerprint density at radius 3 is 2.62 bits per heavy atom. The van der Waals surface area contributed by atoms with Gasteiger partial charge in [0.2, 0.25) is 0 Å². The smallest absolute Gasteiger partial charge is 0.0300 e. The Hall–Kier alpha value is -0.0800. The molecule has 0 aromatic carbocycles. The van der Waals surface area contributed by atoms with Gasteiger partial charge in [-0.1, -0.05) is 6.92 Å². The van der Waals surface area contributed by atoms with Crippen LogP contribution in [0, 0.1) is 5.92 Å². The fourth-order valence-corrected chi connectivity index (χ4v) is 2.28. The Labute approximate surface area is 81.7 Å². The van der Waals surface area contributed by atoms with Gasteiger partial charge in [-0.15, -0.1) is 0 Å². The molecular weight excluding hydrogens is 160 g/mol. The van der Waals surface area contributed by atoms with E-state index in [0.717, 1.165) is 12.0 Å². The van der Waals surface area contributed by atoms with Crippen LogP contribution in [0.4, 0.5) is 0 Å². The summed E-state index contributed by atoms with van der Waals surface area (Å²) in [7, 11) is 2.28. The zero-order chi connectivity index (χ0) is 9.47. The maximum Gasteiger partial charge on any atom is 0.0300 e. The molecule has 2 aliphatic rings. The summed E-state index contributed by atoms with van der Waals surface area (Å²) in [5, 5.41) is 3.71. The van der Waals surface area contributed by atoms with Gasteiger partial charge in [-0.2, -0.15) is 0 Å². The third-order valence-electron chi connectivity index (χ3n) is 4.09. The lowest BCUT2D eigenvalue weighted by atomic mass is 9.92. The van der Waals surface area contributed by atoms with Crippen LogP contribution < -0.4 is 5.32 Å². The summed E-state index contributed by atoms with van der Waals surface area (Å²) in [5.74, 6) is 0.990. The van der Waals surface area contributed by atoms with Crippen molar-refractivity contribution in [3.8, 4) is 0 Å². The molecule has 0 aromatic rings. The quantitative estimate of drug-likeness (QED) is 0.695. The number of likely N-dealkylation sites (N-methyl/N-ethyl adjacent to an activating group) is 1. The van der Waals surface area contributed by atoms with Crippen molar-refractivity contribution >= 4 is 0 Å². The molecule has 1 aliphatic carbocycles. The maximum atomic E-state index is 3.71. The third-order valence-corrected chi connectivity index (χ3v) is 4.09. The topological polar surface area (TPSA) is 15.3 Å². The van der Waals surface area contributed by atoms with Crippen LogP contribution in [0.5, 0.6) is 0 Å². The van der Waals surface area contributed by atoms with Crippen LogP contribution in [0.3, 0.4) is 0 Å². The van der Waals surface area contributed by atoms with Gasteiger partial charge in [0, 0.05) is 24.7 Å². The van der Waals surface area contributed by atoms with Gasteiger partial charge in [-0.3, -0.25) is 4.90 Å². The van der Waals surface area contributed by atoms with Crippen LogP contribution in [0.1, 0.15) is 33.1 Å². The molecule has 76 valence electrons. The highest BCUT2D eigenvalue weighted by atomic mass is 15.2. The van der Waals surface area contributed by atoms with Crippen molar-refractivity contribution in [2.45, 2.75) is 44.7 Å². The van der Waals surface area contributed by atoms with E-state index >= 15 is 0 Å². The zero-order valence-corrected chi connectivity index (χ0v) is 9.14. The van der Waals surface area contributed by atoms with Crippen molar-refractivity contribution in [3.05, 3.63) is 0 Å². The minimum absolute atomic E-state index is 0.394. The lowest BCUT2D eigenvalue weighted by Crippen LogP contribution is -2.62. The van der Waals surface area contributed by atoms with Gasteiger partial charge in [-0.25, -0.2) is 0 Å². The molecule has 2 unspecified atom stereocenters. The van der Waals surface area contributed by atoms with Crippen molar-refractivity contribution in [2.75, 3.05) is 20.1 Å². The summed E-state index contributed by atoms with van der Waals surface area (Å²) in [4.78, 5) is 2.55. The van der Waals surface area contributed by atoms with E-state index in [1.165, 1.54) is 32.4 Å². The van der Waals surface area contributed by atoms with Crippen LogP contribution in [-0.4, -0.2) is 36.6 Å². The average molecular weight is 182 g/mol. The third kappa shape index (κ3) is 1.75. The first kappa shape index (κ1) is 9.47. The number of rotatable bonds is 2. The van der Waals surface area contributed by atoms with E-state index in [0.29, 0.717) is 5.54 Å². The minimum Gasteiger partial charge on any atom is -0.311 e. The Morgan fingerprint density at radius 2 is 2.15 bits per heavy atom. The molecule has 0 spiro atoms.